The second-order valence-corrected chi connectivity index (χ2v) is 7.87. The van der Waals surface area contributed by atoms with Crippen LogP contribution < -0.4 is 5.32 Å². The lowest BCUT2D eigenvalue weighted by Gasteiger charge is -2.38. The molecule has 2 heterocycles. The molecule has 2 atom stereocenters. The van der Waals surface area contributed by atoms with Crippen LogP contribution in [0.25, 0.3) is 0 Å². The molecule has 0 spiro atoms. The largest absolute Gasteiger partial charge is 0.386 e. The maximum atomic E-state index is 12.5. The number of ether oxygens (including phenoxy) is 1. The Bertz CT molecular complexity index is 1060. The quantitative estimate of drug-likeness (QED) is 0.551. The molecule has 0 radical (unpaired) electrons. The summed E-state index contributed by atoms with van der Waals surface area (Å²) in [5.74, 6) is -0.488. The molecular weight excluding hydrogens is 420 g/mol. The van der Waals surface area contributed by atoms with Gasteiger partial charge in [0.15, 0.2) is 0 Å². The minimum atomic E-state index is -0.907. The van der Waals surface area contributed by atoms with Gasteiger partial charge < -0.3 is 20.1 Å². The molecule has 3 aromatic rings. The fourth-order valence-electron chi connectivity index (χ4n) is 3.87. The van der Waals surface area contributed by atoms with Crippen molar-refractivity contribution in [2.24, 2.45) is 0 Å². The van der Waals surface area contributed by atoms with Crippen LogP contribution in [0, 0.1) is 0 Å². The number of aryl methyl sites for hydroxylation is 1. The van der Waals surface area contributed by atoms with E-state index in [1.165, 1.54) is 24.2 Å². The highest BCUT2D eigenvalue weighted by Crippen LogP contribution is 2.26. The molecule has 1 aromatic heterocycles. The molecule has 33 heavy (non-hydrogen) atoms. The first-order chi connectivity index (χ1) is 16.1. The van der Waals surface area contributed by atoms with Gasteiger partial charge in [0.2, 0.25) is 5.91 Å². The number of nitrogens with zero attached hydrogens (tertiary/aromatic N) is 3. The van der Waals surface area contributed by atoms with Gasteiger partial charge in [-0.05, 0) is 36.1 Å². The van der Waals surface area contributed by atoms with E-state index in [1.54, 1.807) is 29.2 Å². The van der Waals surface area contributed by atoms with Crippen molar-refractivity contribution < 1.29 is 19.4 Å². The molecule has 1 saturated heterocycles. The first-order valence-electron chi connectivity index (χ1n) is 10.9. The predicted octanol–water partition coefficient (Wildman–Crippen LogP) is 2.62. The Hall–Kier alpha value is -3.62. The van der Waals surface area contributed by atoms with Crippen molar-refractivity contribution in [3.63, 3.8) is 0 Å². The molecule has 2 amide bonds. The lowest BCUT2D eigenvalue weighted by atomic mass is 9.99. The second-order valence-electron chi connectivity index (χ2n) is 7.87. The lowest BCUT2D eigenvalue weighted by molar-refractivity contribution is -0.154. The molecule has 1 aliphatic rings. The van der Waals surface area contributed by atoms with Gasteiger partial charge >= 0.3 is 0 Å². The summed E-state index contributed by atoms with van der Waals surface area (Å²) in [5.41, 5.74) is 2.64. The molecule has 0 saturated carbocycles. The highest BCUT2D eigenvalue weighted by molar-refractivity contribution is 6.02. The van der Waals surface area contributed by atoms with E-state index in [1.807, 2.05) is 18.2 Å². The summed E-state index contributed by atoms with van der Waals surface area (Å²) >= 11 is 0. The normalized spacial score (nSPS) is 16.9. The van der Waals surface area contributed by atoms with Gasteiger partial charge in [0.25, 0.3) is 5.91 Å². The van der Waals surface area contributed by atoms with Crippen molar-refractivity contribution in [3.05, 3.63) is 90.0 Å². The summed E-state index contributed by atoms with van der Waals surface area (Å²) in [5, 5.41) is 13.8. The monoisotopic (exact) mass is 446 g/mol. The third-order valence-electron chi connectivity index (χ3n) is 5.61. The van der Waals surface area contributed by atoms with E-state index in [9.17, 15) is 14.7 Å². The van der Waals surface area contributed by atoms with Gasteiger partial charge in [-0.25, -0.2) is 4.98 Å². The van der Waals surface area contributed by atoms with Gasteiger partial charge in [0, 0.05) is 24.6 Å². The van der Waals surface area contributed by atoms with E-state index < -0.39 is 12.1 Å². The Morgan fingerprint density at radius 2 is 1.94 bits per heavy atom. The summed E-state index contributed by atoms with van der Waals surface area (Å²) in [7, 11) is 0. The Labute approximate surface area is 192 Å². The van der Waals surface area contributed by atoms with Crippen LogP contribution in [-0.2, 0) is 16.0 Å². The fourth-order valence-corrected chi connectivity index (χ4v) is 3.87. The van der Waals surface area contributed by atoms with Gasteiger partial charge in [0.05, 0.1) is 18.8 Å². The summed E-state index contributed by atoms with van der Waals surface area (Å²) in [6, 6.07) is 16.5. The number of carbonyl (C=O) groups is 2. The number of hydrogen-bond donors (Lipinski definition) is 2. The lowest BCUT2D eigenvalue weighted by Crippen LogP contribution is -2.52. The van der Waals surface area contributed by atoms with Crippen LogP contribution in [0.2, 0.25) is 0 Å². The number of aliphatic hydroxyl groups is 1. The van der Waals surface area contributed by atoms with Gasteiger partial charge in [0.1, 0.15) is 18.4 Å². The molecule has 2 N–H and O–H groups in total. The van der Waals surface area contributed by atoms with Gasteiger partial charge in [-0.2, -0.15) is 0 Å². The van der Waals surface area contributed by atoms with Crippen LogP contribution in [0.3, 0.4) is 0 Å². The molecule has 1 fully saturated rings. The van der Waals surface area contributed by atoms with E-state index >= 15 is 0 Å². The van der Waals surface area contributed by atoms with Gasteiger partial charge in [-0.3, -0.25) is 14.6 Å². The van der Waals surface area contributed by atoms with E-state index in [-0.39, 0.29) is 30.7 Å². The highest BCUT2D eigenvalue weighted by Gasteiger charge is 2.34. The van der Waals surface area contributed by atoms with Gasteiger partial charge in [-0.15, -0.1) is 0 Å². The van der Waals surface area contributed by atoms with Crippen molar-refractivity contribution in [2.75, 3.05) is 25.1 Å². The number of amides is 2. The summed E-state index contributed by atoms with van der Waals surface area (Å²) < 4.78 is 5.44. The van der Waals surface area contributed by atoms with E-state index in [0.29, 0.717) is 17.8 Å². The van der Waals surface area contributed by atoms with Crippen LogP contribution in [0.15, 0.2) is 73.2 Å². The third-order valence-corrected chi connectivity index (χ3v) is 5.61. The fraction of sp³-hybridized carbons (Fsp3) is 0.280. The van der Waals surface area contributed by atoms with Crippen molar-refractivity contribution in [1.29, 1.82) is 0 Å². The van der Waals surface area contributed by atoms with Crippen molar-refractivity contribution in [1.82, 2.24) is 14.9 Å². The molecule has 2 aromatic carbocycles. The summed E-state index contributed by atoms with van der Waals surface area (Å²) in [6.45, 7) is 0.844. The SMILES string of the molecule is O=C(Nc1ccc(C(O)C2COCC(=O)N2CCCc2ccccc2)cc1)c1cnccn1. The van der Waals surface area contributed by atoms with E-state index in [2.05, 4.69) is 27.4 Å². The molecule has 0 bridgehead atoms. The topological polar surface area (TPSA) is 105 Å². The Morgan fingerprint density at radius 3 is 2.67 bits per heavy atom. The van der Waals surface area contributed by atoms with Gasteiger partial charge in [-0.1, -0.05) is 42.5 Å². The predicted molar refractivity (Wildman–Crippen MR) is 122 cm³/mol. The number of nitrogens with one attached hydrogen (secondary N) is 1. The van der Waals surface area contributed by atoms with Crippen LogP contribution in [0.4, 0.5) is 5.69 Å². The average molecular weight is 447 g/mol. The first-order valence-corrected chi connectivity index (χ1v) is 10.9. The average Bonchev–Trinajstić information content (AvgIpc) is 2.86. The van der Waals surface area contributed by atoms with Crippen LogP contribution in [0.5, 0.6) is 0 Å². The van der Waals surface area contributed by atoms with Crippen LogP contribution >= 0.6 is 0 Å². The molecule has 170 valence electrons. The zero-order chi connectivity index (χ0) is 23.0. The number of hydrogen-bond acceptors (Lipinski definition) is 6. The molecule has 2 unspecified atom stereocenters. The number of aliphatic hydroxyl groups excluding tert-OH is 1. The Balaban J connectivity index is 1.38. The second kappa shape index (κ2) is 10.8. The minimum absolute atomic E-state index is 0.0297. The number of anilines is 1. The molecular formula is C25H26N4O4. The van der Waals surface area contributed by atoms with Crippen LogP contribution in [-0.4, -0.2) is 57.6 Å². The number of carbonyl (C=O) groups excluding carboxylic acids is 2. The first kappa shape index (κ1) is 22.6. The minimum Gasteiger partial charge on any atom is -0.386 e. The molecule has 8 nitrogen and oxygen atoms in total. The summed E-state index contributed by atoms with van der Waals surface area (Å²) in [4.78, 5) is 34.3. The maximum Gasteiger partial charge on any atom is 0.275 e. The van der Waals surface area contributed by atoms with Crippen molar-refractivity contribution >= 4 is 17.5 Å². The summed E-state index contributed by atoms with van der Waals surface area (Å²) in [6.07, 6.45) is 5.09. The Kier molecular flexibility index (Phi) is 7.39. The number of aromatic nitrogens is 2. The van der Waals surface area contributed by atoms with Crippen molar-refractivity contribution in [2.45, 2.75) is 25.0 Å². The zero-order valence-electron chi connectivity index (χ0n) is 18.1. The maximum absolute atomic E-state index is 12.5. The third kappa shape index (κ3) is 5.79. The number of benzene rings is 2. The molecule has 8 heteroatoms. The van der Waals surface area contributed by atoms with Crippen molar-refractivity contribution in [3.8, 4) is 0 Å². The zero-order valence-corrected chi connectivity index (χ0v) is 18.1. The van der Waals surface area contributed by atoms with E-state index in [4.69, 9.17) is 4.74 Å². The number of rotatable bonds is 8. The highest BCUT2D eigenvalue weighted by atomic mass is 16.5. The molecule has 4 rings (SSSR count). The smallest absolute Gasteiger partial charge is 0.275 e. The number of morpholine rings is 1. The van der Waals surface area contributed by atoms with E-state index in [0.717, 1.165) is 12.8 Å². The standard InChI is InChI=1S/C25H26N4O4/c30-23-17-33-16-22(29(23)14-4-7-18-5-2-1-3-6-18)24(31)19-8-10-20(11-9-19)28-25(32)21-15-26-12-13-27-21/h1-3,5-6,8-13,15,22,24,31H,4,7,14,16-17H2,(H,28,32). The molecule has 1 aliphatic heterocycles. The van der Waals surface area contributed by atoms with Crippen LogP contribution in [0.1, 0.15) is 34.1 Å². The Morgan fingerprint density at radius 1 is 1.15 bits per heavy atom. The molecule has 0 aliphatic carbocycles.